The molecule has 2 aromatic heterocycles. The lowest BCUT2D eigenvalue weighted by atomic mass is 9.79. The number of hydrogen-bond acceptors (Lipinski definition) is 4. The zero-order valence-electron chi connectivity index (χ0n) is 16.2. The molecule has 7 nitrogen and oxygen atoms in total. The predicted molar refractivity (Wildman–Crippen MR) is 99.9 cm³/mol. The zero-order chi connectivity index (χ0) is 18.5. The molecular weight excluding hydrogens is 328 g/mol. The second-order valence-corrected chi connectivity index (χ2v) is 7.96. The summed E-state index contributed by atoms with van der Waals surface area (Å²) in [6, 6.07) is 1.92. The number of rotatable bonds is 2. The Labute approximate surface area is 154 Å². The minimum absolute atomic E-state index is 0.0939. The average molecular weight is 356 g/mol. The summed E-state index contributed by atoms with van der Waals surface area (Å²) in [5, 5.41) is 12.6. The van der Waals surface area contributed by atoms with Crippen LogP contribution in [0.2, 0.25) is 0 Å². The number of nitrogens with one attached hydrogen (secondary N) is 1. The van der Waals surface area contributed by atoms with Gasteiger partial charge in [0.15, 0.2) is 0 Å². The van der Waals surface area contributed by atoms with Gasteiger partial charge >= 0.3 is 0 Å². The van der Waals surface area contributed by atoms with Crippen LogP contribution in [0.15, 0.2) is 6.07 Å². The monoisotopic (exact) mass is 356 g/mol. The van der Waals surface area contributed by atoms with Crippen LogP contribution in [-0.2, 0) is 14.1 Å². The van der Waals surface area contributed by atoms with Crippen molar-refractivity contribution in [3.8, 4) is 11.3 Å². The smallest absolute Gasteiger partial charge is 0.272 e. The van der Waals surface area contributed by atoms with Gasteiger partial charge in [0, 0.05) is 50.4 Å². The second-order valence-electron chi connectivity index (χ2n) is 7.96. The number of aromatic nitrogens is 4. The highest BCUT2D eigenvalue weighted by atomic mass is 16.2. The molecule has 0 aromatic carbocycles. The summed E-state index contributed by atoms with van der Waals surface area (Å²) in [4.78, 5) is 15.2. The molecule has 4 rings (SSSR count). The topological polar surface area (TPSA) is 68.0 Å². The third-order valence-corrected chi connectivity index (χ3v) is 6.14. The van der Waals surface area contributed by atoms with E-state index in [1.165, 1.54) is 12.8 Å². The normalized spacial score (nSPS) is 23.2. The van der Waals surface area contributed by atoms with E-state index in [2.05, 4.69) is 15.5 Å². The van der Waals surface area contributed by atoms with Crippen molar-refractivity contribution in [2.45, 2.75) is 33.1 Å². The van der Waals surface area contributed by atoms with Crippen LogP contribution < -0.4 is 5.32 Å². The van der Waals surface area contributed by atoms with E-state index in [-0.39, 0.29) is 11.3 Å². The van der Waals surface area contributed by atoms with E-state index in [0.29, 0.717) is 5.69 Å². The maximum Gasteiger partial charge on any atom is 0.272 e. The standard InChI is InChI=1S/C19H28N6O/c1-13-17(14(2)23(3)21-13)15-10-16(24(4)22-15)18(26)25-9-5-6-19(12-25)7-8-20-11-19/h10,20H,5-9,11-12H2,1-4H3/t19-/m1/s1. The minimum Gasteiger partial charge on any atom is -0.337 e. The number of carbonyl (C=O) groups excluding carboxylic acids is 1. The van der Waals surface area contributed by atoms with Gasteiger partial charge in [0.2, 0.25) is 0 Å². The summed E-state index contributed by atoms with van der Waals surface area (Å²) in [7, 11) is 3.79. The summed E-state index contributed by atoms with van der Waals surface area (Å²) in [6.45, 7) is 7.81. The van der Waals surface area contributed by atoms with Gasteiger partial charge in [-0.15, -0.1) is 0 Å². The Kier molecular flexibility index (Phi) is 4.14. The molecule has 2 aliphatic heterocycles. The van der Waals surface area contributed by atoms with Crippen LogP contribution >= 0.6 is 0 Å². The summed E-state index contributed by atoms with van der Waals surface area (Å²) < 4.78 is 3.58. The largest absolute Gasteiger partial charge is 0.337 e. The van der Waals surface area contributed by atoms with Gasteiger partial charge in [-0.3, -0.25) is 14.2 Å². The number of carbonyl (C=O) groups is 1. The molecule has 2 aromatic rings. The van der Waals surface area contributed by atoms with Crippen molar-refractivity contribution < 1.29 is 4.79 Å². The van der Waals surface area contributed by atoms with E-state index in [4.69, 9.17) is 0 Å². The first-order chi connectivity index (χ1) is 12.4. The fourth-order valence-electron chi connectivity index (χ4n) is 4.62. The molecule has 7 heteroatoms. The molecule has 2 fully saturated rings. The Morgan fingerprint density at radius 1 is 1.19 bits per heavy atom. The van der Waals surface area contributed by atoms with E-state index in [9.17, 15) is 4.79 Å². The highest BCUT2D eigenvalue weighted by Crippen LogP contribution is 2.36. The molecule has 1 amide bonds. The molecular formula is C19H28N6O. The molecule has 1 spiro atoms. The first-order valence-electron chi connectivity index (χ1n) is 9.45. The van der Waals surface area contributed by atoms with Crippen LogP contribution in [0, 0.1) is 19.3 Å². The lowest BCUT2D eigenvalue weighted by Crippen LogP contribution is -2.47. The Bertz CT molecular complexity index is 843. The molecule has 26 heavy (non-hydrogen) atoms. The second kappa shape index (κ2) is 6.23. The Balaban J connectivity index is 1.62. The molecule has 0 saturated carbocycles. The van der Waals surface area contributed by atoms with Crippen molar-refractivity contribution in [2.75, 3.05) is 26.2 Å². The Morgan fingerprint density at radius 2 is 2.00 bits per heavy atom. The summed E-state index contributed by atoms with van der Waals surface area (Å²) in [5.74, 6) is 0.0939. The van der Waals surface area contributed by atoms with E-state index < -0.39 is 0 Å². The van der Waals surface area contributed by atoms with Gasteiger partial charge in [0.05, 0.1) is 11.4 Å². The van der Waals surface area contributed by atoms with E-state index in [0.717, 1.165) is 55.2 Å². The van der Waals surface area contributed by atoms with Crippen LogP contribution in [0.3, 0.4) is 0 Å². The van der Waals surface area contributed by atoms with Gasteiger partial charge in [0.25, 0.3) is 5.91 Å². The molecule has 1 N–H and O–H groups in total. The molecule has 1 atom stereocenters. The van der Waals surface area contributed by atoms with Crippen LogP contribution in [0.4, 0.5) is 0 Å². The zero-order valence-corrected chi connectivity index (χ0v) is 16.2. The molecule has 0 unspecified atom stereocenters. The van der Waals surface area contributed by atoms with Crippen molar-refractivity contribution in [2.24, 2.45) is 19.5 Å². The third kappa shape index (κ3) is 2.74. The minimum atomic E-state index is 0.0939. The number of aryl methyl sites for hydroxylation is 3. The summed E-state index contributed by atoms with van der Waals surface area (Å²) in [5.41, 5.74) is 4.78. The molecule has 0 aliphatic carbocycles. The molecule has 0 radical (unpaired) electrons. The molecule has 140 valence electrons. The third-order valence-electron chi connectivity index (χ3n) is 6.14. The molecule has 2 aliphatic rings. The number of nitrogens with zero attached hydrogens (tertiary/aromatic N) is 5. The summed E-state index contributed by atoms with van der Waals surface area (Å²) in [6.07, 6.45) is 3.47. The van der Waals surface area contributed by atoms with Gasteiger partial charge in [0.1, 0.15) is 5.69 Å². The fraction of sp³-hybridized carbons (Fsp3) is 0.632. The van der Waals surface area contributed by atoms with Crippen LogP contribution in [0.5, 0.6) is 0 Å². The van der Waals surface area contributed by atoms with E-state index in [1.807, 2.05) is 43.6 Å². The quantitative estimate of drug-likeness (QED) is 0.888. The van der Waals surface area contributed by atoms with Crippen molar-refractivity contribution in [3.05, 3.63) is 23.1 Å². The van der Waals surface area contributed by atoms with Crippen LogP contribution in [0.1, 0.15) is 41.1 Å². The van der Waals surface area contributed by atoms with Crippen molar-refractivity contribution in [3.63, 3.8) is 0 Å². The van der Waals surface area contributed by atoms with E-state index in [1.54, 1.807) is 4.68 Å². The van der Waals surface area contributed by atoms with Crippen LogP contribution in [0.25, 0.3) is 11.3 Å². The number of amides is 1. The first kappa shape index (κ1) is 17.3. The maximum absolute atomic E-state index is 13.2. The Morgan fingerprint density at radius 3 is 2.65 bits per heavy atom. The Hall–Kier alpha value is -2.15. The summed E-state index contributed by atoms with van der Waals surface area (Å²) >= 11 is 0. The molecule has 2 saturated heterocycles. The predicted octanol–water partition coefficient (Wildman–Crippen LogP) is 1.65. The average Bonchev–Trinajstić information content (AvgIpc) is 3.27. The molecule has 0 bridgehead atoms. The van der Waals surface area contributed by atoms with Crippen LogP contribution in [-0.4, -0.2) is 56.5 Å². The van der Waals surface area contributed by atoms with Gasteiger partial charge in [-0.25, -0.2) is 0 Å². The maximum atomic E-state index is 13.2. The van der Waals surface area contributed by atoms with Gasteiger partial charge in [-0.2, -0.15) is 10.2 Å². The van der Waals surface area contributed by atoms with Gasteiger partial charge < -0.3 is 10.2 Å². The lowest BCUT2D eigenvalue weighted by molar-refractivity contribution is 0.0543. The van der Waals surface area contributed by atoms with Crippen molar-refractivity contribution in [1.29, 1.82) is 0 Å². The molecule has 4 heterocycles. The van der Waals surface area contributed by atoms with Crippen molar-refractivity contribution >= 4 is 5.91 Å². The number of piperidine rings is 1. The highest BCUT2D eigenvalue weighted by Gasteiger charge is 2.40. The fourth-order valence-corrected chi connectivity index (χ4v) is 4.62. The van der Waals surface area contributed by atoms with E-state index >= 15 is 0 Å². The van der Waals surface area contributed by atoms with Crippen molar-refractivity contribution in [1.82, 2.24) is 29.8 Å². The first-order valence-corrected chi connectivity index (χ1v) is 9.45. The highest BCUT2D eigenvalue weighted by molar-refractivity contribution is 5.94. The van der Waals surface area contributed by atoms with Gasteiger partial charge in [-0.05, 0) is 45.7 Å². The lowest BCUT2D eigenvalue weighted by Gasteiger charge is -2.39. The van der Waals surface area contributed by atoms with Gasteiger partial charge in [-0.1, -0.05) is 0 Å². The number of likely N-dealkylation sites (tertiary alicyclic amines) is 1. The number of hydrogen-bond donors (Lipinski definition) is 1. The SMILES string of the molecule is Cc1nn(C)c(C)c1-c1cc(C(=O)N2CCC[C@]3(CCNC3)C2)n(C)n1.